The Labute approximate surface area is 105 Å². The van der Waals surface area contributed by atoms with E-state index < -0.39 is 0 Å². The molecule has 0 aliphatic carbocycles. The van der Waals surface area contributed by atoms with Crippen LogP contribution in [-0.4, -0.2) is 4.20 Å². The fourth-order valence-corrected chi connectivity index (χ4v) is 1.70. The Morgan fingerprint density at radius 3 is 2.25 bits per heavy atom. The van der Waals surface area contributed by atoms with Gasteiger partial charge in [0.15, 0.2) is 0 Å². The first-order valence-corrected chi connectivity index (χ1v) is 5.68. The average molecular weight is 246 g/mol. The Morgan fingerprint density at radius 1 is 0.938 bits per heavy atom. The molecule has 16 heavy (non-hydrogen) atoms. The van der Waals surface area contributed by atoms with Crippen molar-refractivity contribution in [2.45, 2.75) is 0 Å². The Kier molecular flexibility index (Phi) is 3.59. The SMILES string of the molecule is S=C(S)c1ccccc1Oc1ccccc1. The van der Waals surface area contributed by atoms with Crippen molar-refractivity contribution >= 4 is 29.0 Å². The van der Waals surface area contributed by atoms with E-state index in [0.29, 0.717) is 4.20 Å². The zero-order valence-electron chi connectivity index (χ0n) is 8.46. The number of thiol groups is 1. The second-order valence-electron chi connectivity index (χ2n) is 3.22. The smallest absolute Gasteiger partial charge is 0.136 e. The van der Waals surface area contributed by atoms with Crippen LogP contribution in [0.1, 0.15) is 5.56 Å². The lowest BCUT2D eigenvalue weighted by Crippen LogP contribution is -1.93. The number of benzene rings is 2. The normalized spacial score (nSPS) is 9.81. The molecule has 2 aromatic carbocycles. The molecule has 0 amide bonds. The molecule has 0 bridgehead atoms. The van der Waals surface area contributed by atoms with Gasteiger partial charge in [-0.15, -0.1) is 12.6 Å². The summed E-state index contributed by atoms with van der Waals surface area (Å²) in [5.41, 5.74) is 0.838. The number of ether oxygens (including phenoxy) is 1. The van der Waals surface area contributed by atoms with Crippen molar-refractivity contribution in [2.24, 2.45) is 0 Å². The summed E-state index contributed by atoms with van der Waals surface area (Å²) >= 11 is 9.23. The summed E-state index contributed by atoms with van der Waals surface area (Å²) in [5.74, 6) is 1.52. The molecule has 1 nitrogen and oxygen atoms in total. The lowest BCUT2D eigenvalue weighted by molar-refractivity contribution is 0.482. The molecule has 2 rings (SSSR count). The van der Waals surface area contributed by atoms with Gasteiger partial charge in [0, 0.05) is 5.56 Å². The van der Waals surface area contributed by atoms with Gasteiger partial charge in [-0.1, -0.05) is 42.5 Å². The zero-order chi connectivity index (χ0) is 11.4. The van der Waals surface area contributed by atoms with Crippen molar-refractivity contribution < 1.29 is 4.74 Å². The molecule has 0 saturated heterocycles. The van der Waals surface area contributed by atoms with Gasteiger partial charge in [-0.05, 0) is 24.3 Å². The van der Waals surface area contributed by atoms with Crippen LogP contribution in [0.15, 0.2) is 54.6 Å². The van der Waals surface area contributed by atoms with Crippen molar-refractivity contribution in [2.75, 3.05) is 0 Å². The third-order valence-electron chi connectivity index (χ3n) is 2.09. The third kappa shape index (κ3) is 2.62. The quantitative estimate of drug-likeness (QED) is 0.645. The lowest BCUT2D eigenvalue weighted by Gasteiger charge is -2.09. The van der Waals surface area contributed by atoms with Crippen molar-refractivity contribution in [1.82, 2.24) is 0 Å². The monoisotopic (exact) mass is 246 g/mol. The van der Waals surface area contributed by atoms with E-state index in [1.165, 1.54) is 0 Å². The van der Waals surface area contributed by atoms with Crippen LogP contribution < -0.4 is 4.74 Å². The number of rotatable bonds is 3. The van der Waals surface area contributed by atoms with Crippen LogP contribution >= 0.6 is 24.8 Å². The van der Waals surface area contributed by atoms with E-state index >= 15 is 0 Å². The first-order valence-electron chi connectivity index (χ1n) is 4.82. The van der Waals surface area contributed by atoms with Crippen molar-refractivity contribution in [3.63, 3.8) is 0 Å². The highest BCUT2D eigenvalue weighted by atomic mass is 32.1. The van der Waals surface area contributed by atoms with Gasteiger partial charge in [0.25, 0.3) is 0 Å². The predicted molar refractivity (Wildman–Crippen MR) is 73.6 cm³/mol. The molecule has 0 saturated carbocycles. The van der Waals surface area contributed by atoms with Gasteiger partial charge in [0.1, 0.15) is 11.5 Å². The Bertz CT molecular complexity index is 494. The van der Waals surface area contributed by atoms with Crippen molar-refractivity contribution in [3.05, 3.63) is 60.2 Å². The van der Waals surface area contributed by atoms with Crippen LogP contribution in [0.4, 0.5) is 0 Å². The van der Waals surface area contributed by atoms with E-state index in [9.17, 15) is 0 Å². The van der Waals surface area contributed by atoms with Crippen LogP contribution in [0, 0.1) is 0 Å². The van der Waals surface area contributed by atoms with Gasteiger partial charge in [-0.25, -0.2) is 0 Å². The molecule has 0 N–H and O–H groups in total. The van der Waals surface area contributed by atoms with Crippen LogP contribution in [0.2, 0.25) is 0 Å². The van der Waals surface area contributed by atoms with Crippen LogP contribution in [-0.2, 0) is 0 Å². The maximum absolute atomic E-state index is 5.73. The van der Waals surface area contributed by atoms with E-state index in [4.69, 9.17) is 17.0 Å². The fraction of sp³-hybridized carbons (Fsp3) is 0. The molecule has 0 atom stereocenters. The predicted octanol–water partition coefficient (Wildman–Crippen LogP) is 4.08. The van der Waals surface area contributed by atoms with Gasteiger partial charge >= 0.3 is 0 Å². The van der Waals surface area contributed by atoms with Crippen molar-refractivity contribution in [3.8, 4) is 11.5 Å². The van der Waals surface area contributed by atoms with Gasteiger partial charge in [0.2, 0.25) is 0 Å². The van der Waals surface area contributed by atoms with Crippen LogP contribution in [0.3, 0.4) is 0 Å². The minimum absolute atomic E-state index is 0.534. The van der Waals surface area contributed by atoms with Gasteiger partial charge in [-0.2, -0.15) is 0 Å². The van der Waals surface area contributed by atoms with Gasteiger partial charge in [-0.3, -0.25) is 0 Å². The zero-order valence-corrected chi connectivity index (χ0v) is 10.2. The topological polar surface area (TPSA) is 9.23 Å². The molecule has 2 aromatic rings. The number of thiocarbonyl (C=S) groups is 1. The number of hydrogen-bond acceptors (Lipinski definition) is 2. The van der Waals surface area contributed by atoms with Crippen LogP contribution in [0.5, 0.6) is 11.5 Å². The molecule has 0 aromatic heterocycles. The summed E-state index contributed by atoms with van der Waals surface area (Å²) in [5, 5.41) is 0. The standard InChI is InChI=1S/C13H10OS2/c15-13(16)11-8-4-5-9-12(11)14-10-6-2-1-3-7-10/h1-9H,(H,15,16). The highest BCUT2D eigenvalue weighted by Crippen LogP contribution is 2.26. The summed E-state index contributed by atoms with van der Waals surface area (Å²) in [6.07, 6.45) is 0. The summed E-state index contributed by atoms with van der Waals surface area (Å²) < 4.78 is 6.27. The summed E-state index contributed by atoms with van der Waals surface area (Å²) in [7, 11) is 0. The van der Waals surface area contributed by atoms with E-state index in [0.717, 1.165) is 17.1 Å². The summed E-state index contributed by atoms with van der Waals surface area (Å²) in [6, 6.07) is 17.2. The molecule has 0 radical (unpaired) electrons. The van der Waals surface area contributed by atoms with E-state index in [2.05, 4.69) is 12.6 Å². The molecular weight excluding hydrogens is 236 g/mol. The Hall–Kier alpha value is -1.32. The first-order chi connectivity index (χ1) is 7.77. The van der Waals surface area contributed by atoms with Gasteiger partial charge < -0.3 is 4.74 Å². The highest BCUT2D eigenvalue weighted by molar-refractivity contribution is 8.11. The summed E-state index contributed by atoms with van der Waals surface area (Å²) in [4.78, 5) is 0. The molecule has 0 aliphatic heterocycles. The van der Waals surface area contributed by atoms with E-state index in [-0.39, 0.29) is 0 Å². The Morgan fingerprint density at radius 2 is 1.56 bits per heavy atom. The summed E-state index contributed by atoms with van der Waals surface area (Å²) in [6.45, 7) is 0. The first kappa shape index (κ1) is 11.2. The molecular formula is C13H10OS2. The average Bonchev–Trinajstić information content (AvgIpc) is 2.31. The highest BCUT2D eigenvalue weighted by Gasteiger charge is 2.05. The largest absolute Gasteiger partial charge is 0.457 e. The Balaban J connectivity index is 2.31. The molecule has 0 heterocycles. The molecule has 0 aliphatic rings. The lowest BCUT2D eigenvalue weighted by atomic mass is 10.2. The molecule has 0 spiro atoms. The molecule has 3 heteroatoms. The second kappa shape index (κ2) is 5.14. The maximum Gasteiger partial charge on any atom is 0.136 e. The van der Waals surface area contributed by atoms with Crippen molar-refractivity contribution in [1.29, 1.82) is 0 Å². The number of hydrogen-bond donors (Lipinski definition) is 1. The van der Waals surface area contributed by atoms with Crippen LogP contribution in [0.25, 0.3) is 0 Å². The number of para-hydroxylation sites is 2. The fourth-order valence-electron chi connectivity index (χ4n) is 1.35. The third-order valence-corrected chi connectivity index (χ3v) is 2.55. The minimum atomic E-state index is 0.534. The van der Waals surface area contributed by atoms with E-state index in [1.807, 2.05) is 54.6 Å². The minimum Gasteiger partial charge on any atom is -0.457 e. The second-order valence-corrected chi connectivity index (χ2v) is 4.37. The maximum atomic E-state index is 5.73. The van der Waals surface area contributed by atoms with E-state index in [1.54, 1.807) is 0 Å². The molecule has 80 valence electrons. The molecule has 0 unspecified atom stereocenters. The molecule has 0 fully saturated rings. The van der Waals surface area contributed by atoms with Gasteiger partial charge in [0.05, 0.1) is 4.20 Å².